The molecule has 2 aliphatic heterocycles. The molecule has 2 amide bonds. The van der Waals surface area contributed by atoms with Crippen molar-refractivity contribution in [2.24, 2.45) is 0 Å². The van der Waals surface area contributed by atoms with E-state index in [2.05, 4.69) is 16.3 Å². The molecule has 0 fully saturated rings. The van der Waals surface area contributed by atoms with Crippen LogP contribution in [0.15, 0.2) is 48.7 Å². The summed E-state index contributed by atoms with van der Waals surface area (Å²) in [4.78, 5) is 27.8. The Bertz CT molecular complexity index is 1270. The third kappa shape index (κ3) is 2.28. The van der Waals surface area contributed by atoms with E-state index in [1.54, 1.807) is 16.9 Å². The number of hydrogen-bond donors (Lipinski definition) is 1. The van der Waals surface area contributed by atoms with Gasteiger partial charge in [0.25, 0.3) is 0 Å². The predicted molar refractivity (Wildman–Crippen MR) is 110 cm³/mol. The molecule has 1 spiro atoms. The minimum atomic E-state index is -1.29. The zero-order valence-corrected chi connectivity index (χ0v) is 16.1. The number of aromatic nitrogens is 2. The average Bonchev–Trinajstić information content (AvgIpc) is 3.23. The van der Waals surface area contributed by atoms with Gasteiger partial charge >= 0.3 is 0 Å². The van der Waals surface area contributed by atoms with Crippen LogP contribution in [0, 0.1) is 25.1 Å². The molecule has 148 valence electrons. The minimum absolute atomic E-state index is 0.0140. The van der Waals surface area contributed by atoms with Gasteiger partial charge in [-0.15, -0.1) is 6.42 Å². The van der Waals surface area contributed by atoms with E-state index in [4.69, 9.17) is 6.42 Å². The van der Waals surface area contributed by atoms with E-state index in [-0.39, 0.29) is 24.8 Å². The third-order valence-corrected chi connectivity index (χ3v) is 5.83. The molecule has 2 aliphatic rings. The van der Waals surface area contributed by atoms with Crippen LogP contribution < -0.4 is 10.2 Å². The Kier molecular flexibility index (Phi) is 3.80. The van der Waals surface area contributed by atoms with Gasteiger partial charge in [0.15, 0.2) is 0 Å². The van der Waals surface area contributed by atoms with Crippen LogP contribution in [0.1, 0.15) is 23.1 Å². The first-order chi connectivity index (χ1) is 14.5. The summed E-state index contributed by atoms with van der Waals surface area (Å²) < 4.78 is 15.6. The first-order valence-electron chi connectivity index (χ1n) is 9.47. The van der Waals surface area contributed by atoms with Crippen molar-refractivity contribution < 1.29 is 14.0 Å². The molecule has 6 nitrogen and oxygen atoms in total. The highest BCUT2D eigenvalue weighted by Gasteiger charge is 2.57. The van der Waals surface area contributed by atoms with Crippen molar-refractivity contribution in [3.8, 4) is 18.0 Å². The average molecular weight is 400 g/mol. The number of carbonyl (C=O) groups excluding carboxylic acids is 2. The lowest BCUT2D eigenvalue weighted by Gasteiger charge is -2.32. The number of para-hydroxylation sites is 1. The van der Waals surface area contributed by atoms with E-state index in [9.17, 15) is 14.0 Å². The molecule has 0 unspecified atom stereocenters. The van der Waals surface area contributed by atoms with Crippen LogP contribution in [-0.4, -0.2) is 28.1 Å². The van der Waals surface area contributed by atoms with Crippen molar-refractivity contribution in [1.82, 2.24) is 9.78 Å². The maximum Gasteiger partial charge on any atom is 0.243 e. The topological polar surface area (TPSA) is 67.2 Å². The molecule has 0 aliphatic carbocycles. The van der Waals surface area contributed by atoms with Crippen molar-refractivity contribution in [3.63, 3.8) is 0 Å². The molecule has 7 heteroatoms. The van der Waals surface area contributed by atoms with Crippen LogP contribution in [0.4, 0.5) is 15.9 Å². The van der Waals surface area contributed by atoms with Gasteiger partial charge in [0.1, 0.15) is 17.1 Å². The Hall–Kier alpha value is -3.92. The molecular formula is C23H17FN4O2. The zero-order valence-electron chi connectivity index (χ0n) is 16.1. The molecule has 0 radical (unpaired) electrons. The Morgan fingerprint density at radius 2 is 2.00 bits per heavy atom. The normalized spacial score (nSPS) is 19.4. The first kappa shape index (κ1) is 18.1. The monoisotopic (exact) mass is 400 g/mol. The maximum atomic E-state index is 14.0. The molecule has 3 heterocycles. The van der Waals surface area contributed by atoms with Crippen molar-refractivity contribution in [2.75, 3.05) is 16.8 Å². The summed E-state index contributed by atoms with van der Waals surface area (Å²) in [6, 6.07) is 11.8. The van der Waals surface area contributed by atoms with Crippen LogP contribution >= 0.6 is 0 Å². The second-order valence-corrected chi connectivity index (χ2v) is 7.49. The van der Waals surface area contributed by atoms with Gasteiger partial charge in [-0.3, -0.25) is 14.5 Å². The Balaban J connectivity index is 1.79. The number of fused-ring (bicyclic) bond motifs is 4. The van der Waals surface area contributed by atoms with Crippen LogP contribution in [0.25, 0.3) is 5.69 Å². The number of amides is 2. The molecule has 1 N–H and O–H groups in total. The number of rotatable bonds is 2. The summed E-state index contributed by atoms with van der Waals surface area (Å²) >= 11 is 0. The van der Waals surface area contributed by atoms with Gasteiger partial charge in [-0.05, 0) is 36.2 Å². The fourth-order valence-corrected chi connectivity index (χ4v) is 4.50. The van der Waals surface area contributed by atoms with Crippen LogP contribution in [0.5, 0.6) is 0 Å². The molecule has 1 atom stereocenters. The third-order valence-electron chi connectivity index (χ3n) is 5.83. The quantitative estimate of drug-likeness (QED) is 0.673. The summed E-state index contributed by atoms with van der Waals surface area (Å²) in [5.74, 6) is 1.76. The standard InChI is InChI=1S/C23H17FN4O2/c1-3-10-27-19-11-15(24)8-9-16(19)23(22(27)30)12-20(29)26-21-17(23)13-25-28(21)18-7-5-4-6-14(18)2/h1,4-9,11,13H,10,12H2,2H3,(H,26,29)/t23-/m1/s1. The maximum absolute atomic E-state index is 14.0. The number of carbonyl (C=O) groups is 2. The molecule has 0 saturated heterocycles. The van der Waals surface area contributed by atoms with Gasteiger partial charge in [-0.2, -0.15) is 5.10 Å². The summed E-state index contributed by atoms with van der Waals surface area (Å²) in [7, 11) is 0. The summed E-state index contributed by atoms with van der Waals surface area (Å²) in [5.41, 5.74) is 1.99. The Labute approximate surface area is 172 Å². The van der Waals surface area contributed by atoms with Gasteiger partial charge in [0, 0.05) is 12.0 Å². The highest BCUT2D eigenvalue weighted by molar-refractivity contribution is 6.16. The number of anilines is 2. The second kappa shape index (κ2) is 6.29. The second-order valence-electron chi connectivity index (χ2n) is 7.49. The molecule has 0 bridgehead atoms. The van der Waals surface area contributed by atoms with E-state index < -0.39 is 11.2 Å². The zero-order chi connectivity index (χ0) is 21.0. The Morgan fingerprint density at radius 1 is 1.20 bits per heavy atom. The van der Waals surface area contributed by atoms with Crippen LogP contribution in [0.3, 0.4) is 0 Å². The highest BCUT2D eigenvalue weighted by atomic mass is 19.1. The van der Waals surface area contributed by atoms with E-state index in [1.165, 1.54) is 17.0 Å². The largest absolute Gasteiger partial charge is 0.310 e. The number of benzene rings is 2. The van der Waals surface area contributed by atoms with E-state index in [1.807, 2.05) is 31.2 Å². The lowest BCUT2D eigenvalue weighted by atomic mass is 9.72. The molecule has 30 heavy (non-hydrogen) atoms. The van der Waals surface area contributed by atoms with Crippen molar-refractivity contribution in [1.29, 1.82) is 0 Å². The van der Waals surface area contributed by atoms with Crippen LogP contribution in [-0.2, 0) is 15.0 Å². The van der Waals surface area contributed by atoms with Crippen molar-refractivity contribution in [3.05, 3.63) is 71.2 Å². The SMILES string of the molecule is C#CCN1C(=O)[C@]2(CC(=O)Nc3c2cnn3-c2ccccc2C)c2ccc(F)cc21. The fourth-order valence-electron chi connectivity index (χ4n) is 4.50. The van der Waals surface area contributed by atoms with Gasteiger partial charge in [0.05, 0.1) is 24.1 Å². The predicted octanol–water partition coefficient (Wildman–Crippen LogP) is 2.93. The van der Waals surface area contributed by atoms with Gasteiger partial charge in [-0.25, -0.2) is 9.07 Å². The number of terminal acetylenes is 1. The number of nitrogens with one attached hydrogen (secondary N) is 1. The van der Waals surface area contributed by atoms with E-state index >= 15 is 0 Å². The molecule has 2 aromatic carbocycles. The number of hydrogen-bond acceptors (Lipinski definition) is 3. The number of halogens is 1. The first-order valence-corrected chi connectivity index (χ1v) is 9.47. The number of nitrogens with zero attached hydrogens (tertiary/aromatic N) is 3. The van der Waals surface area contributed by atoms with Gasteiger partial charge < -0.3 is 5.32 Å². The Morgan fingerprint density at radius 3 is 2.77 bits per heavy atom. The van der Waals surface area contributed by atoms with Crippen molar-refractivity contribution >= 4 is 23.3 Å². The van der Waals surface area contributed by atoms with Crippen LogP contribution in [0.2, 0.25) is 0 Å². The van der Waals surface area contributed by atoms with E-state index in [0.717, 1.165) is 11.3 Å². The lowest BCUT2D eigenvalue weighted by Crippen LogP contribution is -2.46. The summed E-state index contributed by atoms with van der Waals surface area (Å²) in [6.07, 6.45) is 6.97. The fraction of sp³-hybridized carbons (Fsp3) is 0.174. The molecule has 3 aromatic rings. The van der Waals surface area contributed by atoms with E-state index in [0.29, 0.717) is 22.6 Å². The molecular weight excluding hydrogens is 383 g/mol. The molecule has 1 aromatic heterocycles. The summed E-state index contributed by atoms with van der Waals surface area (Å²) in [6.45, 7) is 1.93. The van der Waals surface area contributed by atoms with Crippen molar-refractivity contribution in [2.45, 2.75) is 18.8 Å². The molecule has 0 saturated carbocycles. The lowest BCUT2D eigenvalue weighted by molar-refractivity contribution is -0.126. The minimum Gasteiger partial charge on any atom is -0.310 e. The van der Waals surface area contributed by atoms with Gasteiger partial charge in [-0.1, -0.05) is 30.2 Å². The molecule has 5 rings (SSSR count). The smallest absolute Gasteiger partial charge is 0.243 e. The summed E-state index contributed by atoms with van der Waals surface area (Å²) in [5, 5.41) is 7.37. The highest BCUT2D eigenvalue weighted by Crippen LogP contribution is 2.52. The van der Waals surface area contributed by atoms with Gasteiger partial charge in [0.2, 0.25) is 11.8 Å². The number of aryl methyl sites for hydroxylation is 1.